The van der Waals surface area contributed by atoms with Gasteiger partial charge < -0.3 is 24.0 Å². The van der Waals surface area contributed by atoms with E-state index in [9.17, 15) is 0 Å². The summed E-state index contributed by atoms with van der Waals surface area (Å²) in [6, 6.07) is 31.6. The minimum atomic E-state index is -2.53. The van der Waals surface area contributed by atoms with E-state index in [1.165, 1.54) is 26.9 Å². The zero-order valence-corrected chi connectivity index (χ0v) is 20.8. The Morgan fingerprint density at radius 1 is 0.432 bits per heavy atom. The molecule has 5 aliphatic heterocycles. The van der Waals surface area contributed by atoms with Crippen molar-refractivity contribution in [3.63, 3.8) is 0 Å². The highest BCUT2D eigenvalue weighted by atomic mass is 28.3. The van der Waals surface area contributed by atoms with E-state index < -0.39 is 8.07 Å². The standard InChI is InChI=1S/C31H18N2O3Si/c1-37-29-19-9-6-10-20(29)33-18-8-3-5-12-22(18)35-24-14-16-26(31(37)28(24)33)36-25-15-13-23-27(30(25)37)32(19)17-7-2-4-11-21(17)34-23/h2-16H,1H3. The largest absolute Gasteiger partial charge is 0.457 e. The number of ether oxygens (including phenoxy) is 3. The first-order valence-corrected chi connectivity index (χ1v) is 15.0. The molecule has 5 aromatic rings. The number of fused-ring (bicyclic) bond motifs is 6. The molecule has 6 heteroatoms. The minimum absolute atomic E-state index is 0.866. The van der Waals surface area contributed by atoms with Gasteiger partial charge in [-0.2, -0.15) is 0 Å². The van der Waals surface area contributed by atoms with E-state index in [2.05, 4.69) is 83.1 Å². The van der Waals surface area contributed by atoms with Gasteiger partial charge in [-0.1, -0.05) is 36.9 Å². The number of nitrogens with zero attached hydrogens (tertiary/aromatic N) is 2. The zero-order valence-electron chi connectivity index (χ0n) is 19.8. The molecular formula is C31H18N2O3Si. The van der Waals surface area contributed by atoms with Crippen LogP contribution in [0.3, 0.4) is 0 Å². The molecule has 0 aromatic heterocycles. The van der Waals surface area contributed by atoms with Crippen LogP contribution in [0.5, 0.6) is 34.5 Å². The number of para-hydroxylation sites is 4. The van der Waals surface area contributed by atoms with Crippen LogP contribution in [0.15, 0.2) is 91.0 Å². The van der Waals surface area contributed by atoms with Crippen molar-refractivity contribution in [2.45, 2.75) is 6.55 Å². The van der Waals surface area contributed by atoms with Crippen LogP contribution in [0.1, 0.15) is 0 Å². The molecule has 0 amide bonds. The van der Waals surface area contributed by atoms with Gasteiger partial charge in [-0.15, -0.1) is 0 Å². The third kappa shape index (κ3) is 1.89. The number of benzene rings is 5. The summed E-state index contributed by atoms with van der Waals surface area (Å²) in [4.78, 5) is 4.80. The van der Waals surface area contributed by atoms with E-state index in [0.717, 1.165) is 57.2 Å². The van der Waals surface area contributed by atoms with Crippen LogP contribution >= 0.6 is 0 Å². The summed E-state index contributed by atoms with van der Waals surface area (Å²) in [7, 11) is -2.53. The molecule has 0 fully saturated rings. The van der Waals surface area contributed by atoms with Crippen LogP contribution in [0.25, 0.3) is 0 Å². The van der Waals surface area contributed by atoms with Crippen molar-refractivity contribution in [1.29, 1.82) is 0 Å². The first-order valence-electron chi connectivity index (χ1n) is 12.5. The second-order valence-corrected chi connectivity index (χ2v) is 14.0. The van der Waals surface area contributed by atoms with Crippen molar-refractivity contribution in [1.82, 2.24) is 0 Å². The maximum Gasteiger partial charge on any atom is 0.166 e. The van der Waals surface area contributed by atoms with Gasteiger partial charge in [0, 0.05) is 21.7 Å². The fourth-order valence-electron chi connectivity index (χ4n) is 7.19. The van der Waals surface area contributed by atoms with Gasteiger partial charge in [0.1, 0.15) is 11.5 Å². The molecule has 0 spiro atoms. The van der Waals surface area contributed by atoms with E-state index in [-0.39, 0.29) is 0 Å². The average molecular weight is 495 g/mol. The lowest BCUT2D eigenvalue weighted by molar-refractivity contribution is 0.462. The molecule has 0 radical (unpaired) electrons. The summed E-state index contributed by atoms with van der Waals surface area (Å²) in [5, 5.41) is 3.96. The second-order valence-electron chi connectivity index (χ2n) is 10.3. The summed E-state index contributed by atoms with van der Waals surface area (Å²) in [6.45, 7) is 2.48. The van der Waals surface area contributed by atoms with Gasteiger partial charge in [0.05, 0.1) is 22.7 Å². The van der Waals surface area contributed by atoms with Gasteiger partial charge >= 0.3 is 0 Å². The molecular weight excluding hydrogens is 476 g/mol. The SMILES string of the molecule is C[Si]12c3c4cccc3N3c5ccccc5Oc5ccc(c1c53)Oc1ccc3c(c12)N4c1ccccc1O3. The first kappa shape index (κ1) is 18.6. The van der Waals surface area contributed by atoms with E-state index in [1.807, 2.05) is 24.3 Å². The Kier molecular flexibility index (Phi) is 2.92. The monoisotopic (exact) mass is 494 g/mol. The molecule has 0 saturated carbocycles. The third-order valence-corrected chi connectivity index (χ3v) is 13.0. The van der Waals surface area contributed by atoms with E-state index in [0.29, 0.717) is 0 Å². The van der Waals surface area contributed by atoms with Crippen LogP contribution in [0.2, 0.25) is 6.55 Å². The maximum absolute atomic E-state index is 6.70. The molecule has 0 aliphatic carbocycles. The maximum atomic E-state index is 6.70. The summed E-state index contributed by atoms with van der Waals surface area (Å²) < 4.78 is 19.7. The Bertz CT molecular complexity index is 1790. The first-order chi connectivity index (χ1) is 18.2. The Hall–Kier alpha value is -4.68. The molecule has 5 nitrogen and oxygen atoms in total. The molecule has 0 bridgehead atoms. The summed E-state index contributed by atoms with van der Waals surface area (Å²) in [6.07, 6.45) is 0. The molecule has 37 heavy (non-hydrogen) atoms. The topological polar surface area (TPSA) is 34.2 Å². The van der Waals surface area contributed by atoms with Crippen molar-refractivity contribution in [3.05, 3.63) is 91.0 Å². The number of anilines is 6. The fraction of sp³-hybridized carbons (Fsp3) is 0.0323. The van der Waals surface area contributed by atoms with Gasteiger partial charge in [-0.25, -0.2) is 0 Å². The van der Waals surface area contributed by atoms with Gasteiger partial charge in [0.25, 0.3) is 0 Å². The second kappa shape index (κ2) is 5.82. The van der Waals surface area contributed by atoms with Crippen LogP contribution < -0.4 is 39.6 Å². The van der Waals surface area contributed by atoms with Gasteiger partial charge in [0.2, 0.25) is 0 Å². The highest BCUT2D eigenvalue weighted by Gasteiger charge is 2.58. The highest BCUT2D eigenvalue weighted by Crippen LogP contribution is 2.59. The van der Waals surface area contributed by atoms with Crippen molar-refractivity contribution in [3.8, 4) is 34.5 Å². The summed E-state index contributed by atoms with van der Waals surface area (Å²) in [5.74, 6) is 5.35. The fourth-order valence-corrected chi connectivity index (χ4v) is 12.0. The number of rotatable bonds is 0. The van der Waals surface area contributed by atoms with Crippen molar-refractivity contribution >= 4 is 57.8 Å². The molecule has 5 aromatic carbocycles. The molecule has 5 heterocycles. The molecule has 0 saturated heterocycles. The molecule has 10 rings (SSSR count). The third-order valence-electron chi connectivity index (χ3n) is 8.53. The van der Waals surface area contributed by atoms with E-state index >= 15 is 0 Å². The van der Waals surface area contributed by atoms with E-state index in [1.54, 1.807) is 0 Å². The lowest BCUT2D eigenvalue weighted by Crippen LogP contribution is -2.73. The molecule has 5 aliphatic rings. The Morgan fingerprint density at radius 3 is 1.41 bits per heavy atom. The predicted molar refractivity (Wildman–Crippen MR) is 147 cm³/mol. The zero-order chi connectivity index (χ0) is 24.0. The Balaban J connectivity index is 1.42. The van der Waals surface area contributed by atoms with Gasteiger partial charge in [-0.3, -0.25) is 0 Å². The highest BCUT2D eigenvalue weighted by molar-refractivity contribution is 7.15. The normalized spacial score (nSPS) is 16.5. The van der Waals surface area contributed by atoms with Crippen LogP contribution in [0.4, 0.5) is 34.1 Å². The lowest BCUT2D eigenvalue weighted by atomic mass is 10.1. The van der Waals surface area contributed by atoms with Crippen molar-refractivity contribution in [2.24, 2.45) is 0 Å². The van der Waals surface area contributed by atoms with Crippen LogP contribution in [-0.4, -0.2) is 8.07 Å². The quantitative estimate of drug-likeness (QED) is 0.220. The molecule has 0 unspecified atom stereocenters. The Morgan fingerprint density at radius 2 is 0.865 bits per heavy atom. The minimum Gasteiger partial charge on any atom is -0.457 e. The molecule has 0 atom stereocenters. The van der Waals surface area contributed by atoms with Gasteiger partial charge in [-0.05, 0) is 65.9 Å². The summed E-state index contributed by atoms with van der Waals surface area (Å²) >= 11 is 0. The van der Waals surface area contributed by atoms with Crippen LogP contribution in [-0.2, 0) is 0 Å². The predicted octanol–water partition coefficient (Wildman–Crippen LogP) is 6.67. The summed E-state index contributed by atoms with van der Waals surface area (Å²) in [5.41, 5.74) is 6.79. The lowest BCUT2D eigenvalue weighted by Gasteiger charge is -2.53. The van der Waals surface area contributed by atoms with E-state index in [4.69, 9.17) is 14.2 Å². The van der Waals surface area contributed by atoms with Crippen LogP contribution in [0, 0.1) is 0 Å². The van der Waals surface area contributed by atoms with Crippen molar-refractivity contribution in [2.75, 3.05) is 9.80 Å². The number of hydrogen-bond donors (Lipinski definition) is 0. The molecule has 0 N–H and O–H groups in total. The smallest absolute Gasteiger partial charge is 0.166 e. The Labute approximate surface area is 213 Å². The molecule has 174 valence electrons. The number of hydrogen-bond acceptors (Lipinski definition) is 5. The average Bonchev–Trinajstić information content (AvgIpc) is 2.93. The van der Waals surface area contributed by atoms with Gasteiger partial charge in [0.15, 0.2) is 31.1 Å². The van der Waals surface area contributed by atoms with Crippen molar-refractivity contribution < 1.29 is 14.2 Å².